The van der Waals surface area contributed by atoms with Gasteiger partial charge in [0.05, 0.1) is 17.4 Å². The van der Waals surface area contributed by atoms with Gasteiger partial charge in [0.2, 0.25) is 11.8 Å². The van der Waals surface area contributed by atoms with Crippen LogP contribution in [0.2, 0.25) is 4.34 Å². The molecule has 0 spiro atoms. The van der Waals surface area contributed by atoms with Gasteiger partial charge in [0.15, 0.2) is 0 Å². The van der Waals surface area contributed by atoms with Crippen LogP contribution in [-0.2, 0) is 19.6 Å². The highest BCUT2D eigenvalue weighted by molar-refractivity contribution is 7.91. The van der Waals surface area contributed by atoms with E-state index < -0.39 is 15.9 Å². The third kappa shape index (κ3) is 4.82. The smallest absolute Gasteiger partial charge is 0.252 e. The van der Waals surface area contributed by atoms with Crippen molar-refractivity contribution in [2.75, 3.05) is 43.4 Å². The van der Waals surface area contributed by atoms with Crippen molar-refractivity contribution in [1.82, 2.24) is 9.62 Å². The number of halogens is 1. The van der Waals surface area contributed by atoms with Crippen LogP contribution in [0.5, 0.6) is 0 Å². The number of likely N-dealkylation sites (N-methyl/N-ethyl adjacent to an activating group) is 1. The van der Waals surface area contributed by atoms with E-state index in [1.54, 1.807) is 12.1 Å². The SMILES string of the molecule is CN(CC(=O)Nc1ccc(N2CCNC(=O)C2)cc1)S(=O)(=O)c1ccc(Cl)s1. The van der Waals surface area contributed by atoms with Crippen molar-refractivity contribution in [3.05, 3.63) is 40.7 Å². The van der Waals surface area contributed by atoms with Crippen LogP contribution in [-0.4, -0.2) is 57.8 Å². The van der Waals surface area contributed by atoms with Crippen LogP contribution in [0.25, 0.3) is 0 Å². The van der Waals surface area contributed by atoms with Gasteiger partial charge in [0, 0.05) is 31.5 Å². The molecule has 1 aromatic carbocycles. The molecular weight excluding hydrogens is 424 g/mol. The van der Waals surface area contributed by atoms with Crippen molar-refractivity contribution >= 4 is 56.2 Å². The lowest BCUT2D eigenvalue weighted by Gasteiger charge is -2.28. The van der Waals surface area contributed by atoms with Crippen molar-refractivity contribution in [3.8, 4) is 0 Å². The van der Waals surface area contributed by atoms with Gasteiger partial charge in [-0.3, -0.25) is 9.59 Å². The van der Waals surface area contributed by atoms with E-state index in [9.17, 15) is 18.0 Å². The predicted molar refractivity (Wildman–Crippen MR) is 109 cm³/mol. The Hall–Kier alpha value is -2.14. The van der Waals surface area contributed by atoms with Crippen LogP contribution in [0.1, 0.15) is 0 Å². The highest BCUT2D eigenvalue weighted by atomic mass is 35.5. The van der Waals surface area contributed by atoms with Crippen molar-refractivity contribution in [1.29, 1.82) is 0 Å². The molecule has 1 aliphatic rings. The molecule has 8 nitrogen and oxygen atoms in total. The summed E-state index contributed by atoms with van der Waals surface area (Å²) in [6.07, 6.45) is 0. The van der Waals surface area contributed by atoms with Crippen molar-refractivity contribution in [3.63, 3.8) is 0 Å². The van der Waals surface area contributed by atoms with Crippen LogP contribution >= 0.6 is 22.9 Å². The largest absolute Gasteiger partial charge is 0.360 e. The minimum Gasteiger partial charge on any atom is -0.360 e. The topological polar surface area (TPSA) is 98.8 Å². The normalized spacial score (nSPS) is 14.8. The summed E-state index contributed by atoms with van der Waals surface area (Å²) in [5.41, 5.74) is 1.42. The van der Waals surface area contributed by atoms with Gasteiger partial charge < -0.3 is 15.5 Å². The van der Waals surface area contributed by atoms with E-state index in [1.165, 1.54) is 19.2 Å². The molecule has 11 heteroatoms. The molecule has 0 atom stereocenters. The molecule has 2 N–H and O–H groups in total. The van der Waals surface area contributed by atoms with E-state index in [2.05, 4.69) is 10.6 Å². The molecular formula is C17H19ClN4O4S2. The number of sulfonamides is 1. The molecule has 2 amide bonds. The summed E-state index contributed by atoms with van der Waals surface area (Å²) in [7, 11) is -2.43. The third-order valence-electron chi connectivity index (χ3n) is 4.13. The fraction of sp³-hybridized carbons (Fsp3) is 0.294. The maximum absolute atomic E-state index is 12.4. The number of nitrogens with one attached hydrogen (secondary N) is 2. The number of piperazine rings is 1. The van der Waals surface area contributed by atoms with Gasteiger partial charge in [-0.25, -0.2) is 8.42 Å². The summed E-state index contributed by atoms with van der Waals surface area (Å²) >= 11 is 6.73. The number of hydrogen-bond donors (Lipinski definition) is 2. The molecule has 1 aliphatic heterocycles. The Balaban J connectivity index is 1.59. The highest BCUT2D eigenvalue weighted by Gasteiger charge is 2.24. The second kappa shape index (κ2) is 8.48. The van der Waals surface area contributed by atoms with Gasteiger partial charge in [-0.2, -0.15) is 4.31 Å². The van der Waals surface area contributed by atoms with Gasteiger partial charge in [0.25, 0.3) is 10.0 Å². The van der Waals surface area contributed by atoms with E-state index >= 15 is 0 Å². The van der Waals surface area contributed by atoms with Gasteiger partial charge >= 0.3 is 0 Å². The number of benzene rings is 1. The molecule has 2 aromatic rings. The van der Waals surface area contributed by atoms with Gasteiger partial charge in [-0.15, -0.1) is 11.3 Å². The number of carbonyl (C=O) groups is 2. The lowest BCUT2D eigenvalue weighted by molar-refractivity contribution is -0.120. The maximum atomic E-state index is 12.4. The zero-order valence-electron chi connectivity index (χ0n) is 15.0. The average molecular weight is 443 g/mol. The summed E-state index contributed by atoms with van der Waals surface area (Å²) in [6, 6.07) is 9.96. The molecule has 28 heavy (non-hydrogen) atoms. The Morgan fingerprint density at radius 2 is 2.00 bits per heavy atom. The number of nitrogens with zero attached hydrogens (tertiary/aromatic N) is 2. The van der Waals surface area contributed by atoms with Crippen LogP contribution in [0.15, 0.2) is 40.6 Å². The molecule has 0 unspecified atom stereocenters. The molecule has 0 aliphatic carbocycles. The first-order chi connectivity index (χ1) is 13.3. The number of carbonyl (C=O) groups excluding carboxylic acids is 2. The molecule has 150 valence electrons. The zero-order chi connectivity index (χ0) is 20.3. The quantitative estimate of drug-likeness (QED) is 0.708. The Morgan fingerprint density at radius 1 is 1.29 bits per heavy atom. The number of hydrogen-bond acceptors (Lipinski definition) is 6. The van der Waals surface area contributed by atoms with E-state index in [0.717, 1.165) is 21.3 Å². The minimum atomic E-state index is -3.77. The number of anilines is 2. The van der Waals surface area contributed by atoms with E-state index in [4.69, 9.17) is 11.6 Å². The van der Waals surface area contributed by atoms with Gasteiger partial charge in [-0.1, -0.05) is 11.6 Å². The van der Waals surface area contributed by atoms with E-state index in [1.807, 2.05) is 17.0 Å². The third-order valence-corrected chi connectivity index (χ3v) is 7.64. The summed E-state index contributed by atoms with van der Waals surface area (Å²) in [4.78, 5) is 25.7. The zero-order valence-corrected chi connectivity index (χ0v) is 17.4. The molecule has 0 bridgehead atoms. The van der Waals surface area contributed by atoms with E-state index in [-0.39, 0.29) is 16.7 Å². The molecule has 1 saturated heterocycles. The van der Waals surface area contributed by atoms with Crippen molar-refractivity contribution < 1.29 is 18.0 Å². The van der Waals surface area contributed by atoms with Gasteiger partial charge in [0.1, 0.15) is 4.21 Å². The summed E-state index contributed by atoms with van der Waals surface area (Å²) in [5, 5.41) is 5.44. The number of amides is 2. The molecule has 2 heterocycles. The second-order valence-electron chi connectivity index (χ2n) is 6.19. The fourth-order valence-electron chi connectivity index (χ4n) is 2.69. The lowest BCUT2D eigenvalue weighted by atomic mass is 10.2. The fourth-order valence-corrected chi connectivity index (χ4v) is 5.51. The second-order valence-corrected chi connectivity index (χ2v) is 10.2. The average Bonchev–Trinajstić information content (AvgIpc) is 3.09. The minimum absolute atomic E-state index is 0.0279. The Bertz CT molecular complexity index is 975. The molecule has 0 saturated carbocycles. The summed E-state index contributed by atoms with van der Waals surface area (Å²) in [6.45, 7) is 1.27. The Kier molecular flexibility index (Phi) is 6.23. The highest BCUT2D eigenvalue weighted by Crippen LogP contribution is 2.27. The standard InChI is InChI=1S/C17H19ClN4O4S2/c1-21(28(25,26)17-7-6-14(18)27-17)10-16(24)20-12-2-4-13(5-3-12)22-9-8-19-15(23)11-22/h2-7H,8-11H2,1H3,(H,19,23)(H,20,24). The van der Waals surface area contributed by atoms with Crippen LogP contribution in [0.3, 0.4) is 0 Å². The first-order valence-corrected chi connectivity index (χ1v) is 11.0. The summed E-state index contributed by atoms with van der Waals surface area (Å²) < 4.78 is 26.3. The Labute approximate surface area is 172 Å². The molecule has 0 radical (unpaired) electrons. The summed E-state index contributed by atoms with van der Waals surface area (Å²) in [5.74, 6) is -0.487. The van der Waals surface area contributed by atoms with Crippen LogP contribution in [0, 0.1) is 0 Å². The lowest BCUT2D eigenvalue weighted by Crippen LogP contribution is -2.47. The monoisotopic (exact) mass is 442 g/mol. The molecule has 1 aromatic heterocycles. The number of rotatable bonds is 6. The number of thiophene rings is 1. The van der Waals surface area contributed by atoms with Crippen LogP contribution < -0.4 is 15.5 Å². The first kappa shape index (κ1) is 20.6. The Morgan fingerprint density at radius 3 is 2.61 bits per heavy atom. The molecule has 3 rings (SSSR count). The van der Waals surface area contributed by atoms with E-state index in [0.29, 0.717) is 29.7 Å². The van der Waals surface area contributed by atoms with Crippen molar-refractivity contribution in [2.45, 2.75) is 4.21 Å². The molecule has 1 fully saturated rings. The van der Waals surface area contributed by atoms with Gasteiger partial charge in [-0.05, 0) is 36.4 Å². The predicted octanol–water partition coefficient (Wildman–Crippen LogP) is 1.60. The van der Waals surface area contributed by atoms with Crippen molar-refractivity contribution in [2.24, 2.45) is 0 Å². The van der Waals surface area contributed by atoms with Crippen LogP contribution in [0.4, 0.5) is 11.4 Å². The first-order valence-electron chi connectivity index (χ1n) is 8.39. The maximum Gasteiger partial charge on any atom is 0.252 e.